The zero-order chi connectivity index (χ0) is 10.5. The molecule has 1 radical (unpaired) electrons. The van der Waals surface area contributed by atoms with Crippen molar-refractivity contribution in [2.75, 3.05) is 0 Å². The number of hydrogen-bond donors (Lipinski definition) is 0. The van der Waals surface area contributed by atoms with E-state index in [1.165, 1.54) is 0 Å². The molecule has 0 saturated heterocycles. The number of rotatable bonds is 4. The number of unbranched alkanes of at least 4 members (excludes halogenated alkanes) is 1. The summed E-state index contributed by atoms with van der Waals surface area (Å²) in [7, 11) is 0. The molecule has 0 fully saturated rings. The molecule has 0 spiro atoms. The second-order valence-electron chi connectivity index (χ2n) is 3.41. The molecule has 2 aromatic heterocycles. The lowest BCUT2D eigenvalue weighted by molar-refractivity contribution is 0.584. The molecule has 0 bridgehead atoms. The summed E-state index contributed by atoms with van der Waals surface area (Å²) in [4.78, 5) is 4.07. The fourth-order valence-electron chi connectivity index (χ4n) is 1.43. The van der Waals surface area contributed by atoms with Crippen molar-refractivity contribution in [2.45, 2.75) is 19.4 Å². The molecule has 0 aromatic carbocycles. The average molecular weight is 200 g/mol. The van der Waals surface area contributed by atoms with E-state index in [2.05, 4.69) is 17.0 Å². The highest BCUT2D eigenvalue weighted by Crippen LogP contribution is 2.14. The minimum Gasteiger partial charge on any atom is -0.272 e. The first-order valence-corrected chi connectivity index (χ1v) is 5.13. The van der Waals surface area contributed by atoms with Gasteiger partial charge in [0, 0.05) is 30.7 Å². The summed E-state index contributed by atoms with van der Waals surface area (Å²) in [6.45, 7) is 4.75. The quantitative estimate of drug-likeness (QED) is 0.759. The lowest BCUT2D eigenvalue weighted by Gasteiger charge is -1.98. The molecule has 0 aliphatic heterocycles. The Morgan fingerprint density at radius 2 is 2.27 bits per heavy atom. The van der Waals surface area contributed by atoms with E-state index in [9.17, 15) is 0 Å². The van der Waals surface area contributed by atoms with Gasteiger partial charge in [-0.1, -0.05) is 13.3 Å². The molecule has 0 aliphatic carbocycles. The third kappa shape index (κ3) is 2.43. The van der Waals surface area contributed by atoms with Crippen LogP contribution in [0, 0.1) is 6.92 Å². The van der Waals surface area contributed by atoms with Crippen molar-refractivity contribution in [1.82, 2.24) is 14.8 Å². The summed E-state index contributed by atoms with van der Waals surface area (Å²) >= 11 is 0. The van der Waals surface area contributed by atoms with Crippen molar-refractivity contribution in [2.24, 2.45) is 0 Å². The van der Waals surface area contributed by atoms with Gasteiger partial charge in [0.25, 0.3) is 0 Å². The van der Waals surface area contributed by atoms with Crippen LogP contribution in [0.1, 0.15) is 12.8 Å². The van der Waals surface area contributed by atoms with E-state index in [-0.39, 0.29) is 0 Å². The highest BCUT2D eigenvalue weighted by molar-refractivity contribution is 5.56. The van der Waals surface area contributed by atoms with Gasteiger partial charge in [0.05, 0.1) is 5.69 Å². The minimum absolute atomic E-state index is 0.934. The first-order chi connectivity index (χ1) is 7.40. The van der Waals surface area contributed by atoms with Crippen LogP contribution < -0.4 is 0 Å². The zero-order valence-corrected chi connectivity index (χ0v) is 8.63. The van der Waals surface area contributed by atoms with Crippen molar-refractivity contribution in [3.63, 3.8) is 0 Å². The Kier molecular flexibility index (Phi) is 3.12. The summed E-state index contributed by atoms with van der Waals surface area (Å²) in [5, 5.41) is 4.47. The van der Waals surface area contributed by atoms with E-state index in [0.717, 1.165) is 30.6 Å². The first kappa shape index (κ1) is 9.90. The smallest absolute Gasteiger partial charge is 0.0938 e. The van der Waals surface area contributed by atoms with Gasteiger partial charge < -0.3 is 0 Å². The van der Waals surface area contributed by atoms with Crippen LogP contribution in [0.5, 0.6) is 0 Å². The fraction of sp³-hybridized carbons (Fsp3) is 0.250. The van der Waals surface area contributed by atoms with Gasteiger partial charge in [0.15, 0.2) is 0 Å². The highest BCUT2D eigenvalue weighted by atomic mass is 15.3. The van der Waals surface area contributed by atoms with Crippen LogP contribution in [-0.4, -0.2) is 14.8 Å². The molecule has 0 N–H and O–H groups in total. The summed E-state index contributed by atoms with van der Waals surface area (Å²) < 4.78 is 1.95. The standard InChI is InChI=1S/C12H14N3/c1-2-3-8-15-9-6-12(14-15)11-5-4-7-13-10-11/h4-7,9-10H,1-3,8H2. The topological polar surface area (TPSA) is 30.7 Å². The van der Waals surface area contributed by atoms with E-state index in [4.69, 9.17) is 0 Å². The maximum absolute atomic E-state index is 4.47. The molecular weight excluding hydrogens is 186 g/mol. The van der Waals surface area contributed by atoms with E-state index < -0.39 is 0 Å². The Hall–Kier alpha value is -1.64. The van der Waals surface area contributed by atoms with Crippen LogP contribution in [0.2, 0.25) is 0 Å². The van der Waals surface area contributed by atoms with Crippen LogP contribution >= 0.6 is 0 Å². The number of aryl methyl sites for hydroxylation is 1. The van der Waals surface area contributed by atoms with Gasteiger partial charge in [-0.2, -0.15) is 5.10 Å². The zero-order valence-electron chi connectivity index (χ0n) is 8.63. The fourth-order valence-corrected chi connectivity index (χ4v) is 1.43. The second-order valence-corrected chi connectivity index (χ2v) is 3.41. The largest absolute Gasteiger partial charge is 0.272 e. The molecule has 0 aliphatic rings. The second kappa shape index (κ2) is 4.73. The summed E-state index contributed by atoms with van der Waals surface area (Å²) in [6.07, 6.45) is 7.60. The Morgan fingerprint density at radius 3 is 3.00 bits per heavy atom. The lowest BCUT2D eigenvalue weighted by atomic mass is 10.2. The maximum Gasteiger partial charge on any atom is 0.0938 e. The van der Waals surface area contributed by atoms with E-state index in [0.29, 0.717) is 0 Å². The maximum atomic E-state index is 4.47. The van der Waals surface area contributed by atoms with Gasteiger partial charge in [-0.05, 0) is 24.6 Å². The number of nitrogens with zero attached hydrogens (tertiary/aromatic N) is 3. The number of pyridine rings is 1. The third-order valence-corrected chi connectivity index (χ3v) is 2.24. The molecule has 2 aromatic rings. The van der Waals surface area contributed by atoms with Gasteiger partial charge in [0.1, 0.15) is 0 Å². The van der Waals surface area contributed by atoms with Crippen molar-refractivity contribution < 1.29 is 0 Å². The highest BCUT2D eigenvalue weighted by Gasteiger charge is 2.00. The Morgan fingerprint density at radius 1 is 1.33 bits per heavy atom. The molecular formula is C12H14N3. The Bertz CT molecular complexity index is 406. The van der Waals surface area contributed by atoms with Crippen LogP contribution in [0.4, 0.5) is 0 Å². The SMILES string of the molecule is [CH2]CCCn1ccc(-c2cccnc2)n1. The molecule has 0 unspecified atom stereocenters. The average Bonchev–Trinajstić information content (AvgIpc) is 2.76. The Labute approximate surface area is 89.8 Å². The molecule has 15 heavy (non-hydrogen) atoms. The molecule has 77 valence electrons. The normalized spacial score (nSPS) is 10.5. The minimum atomic E-state index is 0.934. The summed E-state index contributed by atoms with van der Waals surface area (Å²) in [5.74, 6) is 0. The first-order valence-electron chi connectivity index (χ1n) is 5.13. The Balaban J connectivity index is 2.14. The van der Waals surface area contributed by atoms with Crippen molar-refractivity contribution in [3.8, 4) is 11.3 Å². The molecule has 0 saturated carbocycles. The third-order valence-electron chi connectivity index (χ3n) is 2.24. The van der Waals surface area contributed by atoms with E-state index in [1.807, 2.05) is 35.3 Å². The van der Waals surface area contributed by atoms with E-state index in [1.54, 1.807) is 6.20 Å². The van der Waals surface area contributed by atoms with Gasteiger partial charge >= 0.3 is 0 Å². The van der Waals surface area contributed by atoms with Crippen molar-refractivity contribution in [3.05, 3.63) is 43.7 Å². The van der Waals surface area contributed by atoms with Crippen molar-refractivity contribution in [1.29, 1.82) is 0 Å². The molecule has 3 heteroatoms. The van der Waals surface area contributed by atoms with Gasteiger partial charge in [-0.15, -0.1) is 0 Å². The van der Waals surface area contributed by atoms with Gasteiger partial charge in [-0.3, -0.25) is 9.67 Å². The molecule has 2 heterocycles. The molecule has 3 nitrogen and oxygen atoms in total. The molecule has 0 atom stereocenters. The predicted molar refractivity (Wildman–Crippen MR) is 60.0 cm³/mol. The van der Waals surface area contributed by atoms with Crippen LogP contribution in [0.25, 0.3) is 11.3 Å². The van der Waals surface area contributed by atoms with Gasteiger partial charge in [0.2, 0.25) is 0 Å². The van der Waals surface area contributed by atoms with E-state index >= 15 is 0 Å². The summed E-state index contributed by atoms with van der Waals surface area (Å²) in [6, 6.07) is 5.95. The lowest BCUT2D eigenvalue weighted by Crippen LogP contribution is -1.98. The van der Waals surface area contributed by atoms with Crippen LogP contribution in [0.3, 0.4) is 0 Å². The molecule has 0 amide bonds. The van der Waals surface area contributed by atoms with Crippen molar-refractivity contribution >= 4 is 0 Å². The number of hydrogen-bond acceptors (Lipinski definition) is 2. The summed E-state index contributed by atoms with van der Waals surface area (Å²) in [5.41, 5.74) is 2.04. The number of aromatic nitrogens is 3. The van der Waals surface area contributed by atoms with Crippen LogP contribution in [-0.2, 0) is 6.54 Å². The predicted octanol–water partition coefficient (Wildman–Crippen LogP) is 2.56. The van der Waals surface area contributed by atoms with Crippen LogP contribution in [0.15, 0.2) is 36.8 Å². The van der Waals surface area contributed by atoms with Gasteiger partial charge in [-0.25, -0.2) is 0 Å². The monoisotopic (exact) mass is 200 g/mol. The molecule has 2 rings (SSSR count).